The molecule has 1 fully saturated rings. The number of benzene rings is 1. The smallest absolute Gasteiger partial charge is 0.387 e. The SMILES string of the molecule is Cc1ccc(OC(F)F)c(CN=C(N)NC2CCCCCC2)c1. The minimum absolute atomic E-state index is 0.150. The van der Waals surface area contributed by atoms with Crippen LogP contribution < -0.4 is 15.8 Å². The van der Waals surface area contributed by atoms with Crippen LogP contribution in [-0.4, -0.2) is 18.6 Å². The quantitative estimate of drug-likeness (QED) is 0.493. The molecule has 0 amide bonds. The van der Waals surface area contributed by atoms with Crippen LogP contribution in [-0.2, 0) is 6.54 Å². The van der Waals surface area contributed by atoms with Crippen LogP contribution in [0.1, 0.15) is 49.7 Å². The highest BCUT2D eigenvalue weighted by Crippen LogP contribution is 2.23. The average molecular weight is 325 g/mol. The van der Waals surface area contributed by atoms with Crippen LogP contribution in [0.15, 0.2) is 23.2 Å². The predicted octanol–water partition coefficient (Wildman–Crippen LogP) is 3.72. The zero-order valence-electron chi connectivity index (χ0n) is 13.5. The van der Waals surface area contributed by atoms with Crippen molar-refractivity contribution in [3.05, 3.63) is 29.3 Å². The Balaban J connectivity index is 1.98. The standard InChI is InChI=1S/C17H25F2N3O/c1-12-8-9-15(23-16(18)19)13(10-12)11-21-17(20)22-14-6-4-2-3-5-7-14/h8-10,14,16H,2-7,11H2,1H3,(H3,20,21,22). The molecule has 6 heteroatoms. The van der Waals surface area contributed by atoms with E-state index in [0.717, 1.165) is 18.4 Å². The number of alkyl halides is 2. The summed E-state index contributed by atoms with van der Waals surface area (Å²) < 4.78 is 29.4. The van der Waals surface area contributed by atoms with E-state index in [0.29, 0.717) is 17.6 Å². The number of aliphatic imine (C=N–C) groups is 1. The molecule has 0 bridgehead atoms. The summed E-state index contributed by atoms with van der Waals surface area (Å²) in [5.74, 6) is 0.512. The van der Waals surface area contributed by atoms with E-state index in [1.807, 2.05) is 6.92 Å². The van der Waals surface area contributed by atoms with Crippen LogP contribution in [0.25, 0.3) is 0 Å². The maximum atomic E-state index is 12.5. The van der Waals surface area contributed by atoms with Gasteiger partial charge in [0.15, 0.2) is 5.96 Å². The van der Waals surface area contributed by atoms with Crippen molar-refractivity contribution >= 4 is 5.96 Å². The summed E-state index contributed by atoms with van der Waals surface area (Å²) in [6.07, 6.45) is 7.14. The summed E-state index contributed by atoms with van der Waals surface area (Å²) in [5, 5.41) is 3.24. The van der Waals surface area contributed by atoms with Crippen LogP contribution >= 0.6 is 0 Å². The number of nitrogens with two attached hydrogens (primary N) is 1. The lowest BCUT2D eigenvalue weighted by Crippen LogP contribution is -2.39. The number of hydrogen-bond donors (Lipinski definition) is 2. The molecule has 1 saturated carbocycles. The van der Waals surface area contributed by atoms with E-state index >= 15 is 0 Å². The lowest BCUT2D eigenvalue weighted by Gasteiger charge is -2.17. The predicted molar refractivity (Wildman–Crippen MR) is 87.8 cm³/mol. The van der Waals surface area contributed by atoms with E-state index in [9.17, 15) is 8.78 Å². The van der Waals surface area contributed by atoms with Gasteiger partial charge in [-0.15, -0.1) is 0 Å². The second kappa shape index (κ2) is 8.70. The molecule has 4 nitrogen and oxygen atoms in total. The zero-order valence-corrected chi connectivity index (χ0v) is 13.5. The van der Waals surface area contributed by atoms with E-state index in [2.05, 4.69) is 15.0 Å². The van der Waals surface area contributed by atoms with Gasteiger partial charge in [-0.05, 0) is 25.8 Å². The molecule has 1 aromatic rings. The Labute approximate surface area is 136 Å². The highest BCUT2D eigenvalue weighted by molar-refractivity contribution is 5.78. The van der Waals surface area contributed by atoms with Gasteiger partial charge in [0, 0.05) is 11.6 Å². The molecule has 0 unspecified atom stereocenters. The molecular weight excluding hydrogens is 300 g/mol. The third-order valence-corrected chi connectivity index (χ3v) is 4.06. The third-order valence-electron chi connectivity index (χ3n) is 4.06. The monoisotopic (exact) mass is 325 g/mol. The summed E-state index contributed by atoms with van der Waals surface area (Å²) in [6, 6.07) is 5.43. The van der Waals surface area contributed by atoms with Crippen LogP contribution in [0.3, 0.4) is 0 Å². The molecule has 1 aliphatic rings. The van der Waals surface area contributed by atoms with Crippen molar-refractivity contribution in [2.45, 2.75) is 64.6 Å². The van der Waals surface area contributed by atoms with Crippen molar-refractivity contribution in [1.82, 2.24) is 5.32 Å². The maximum Gasteiger partial charge on any atom is 0.387 e. The van der Waals surface area contributed by atoms with Crippen LogP contribution in [0.4, 0.5) is 8.78 Å². The number of hydrogen-bond acceptors (Lipinski definition) is 2. The fraction of sp³-hybridized carbons (Fsp3) is 0.588. The van der Waals surface area contributed by atoms with Gasteiger partial charge in [-0.2, -0.15) is 8.78 Å². The molecule has 0 heterocycles. The van der Waals surface area contributed by atoms with Crippen LogP contribution in [0.2, 0.25) is 0 Å². The molecule has 3 N–H and O–H groups in total. The van der Waals surface area contributed by atoms with Crippen LogP contribution in [0.5, 0.6) is 5.75 Å². The van der Waals surface area contributed by atoms with Crippen molar-refractivity contribution in [1.29, 1.82) is 0 Å². The molecule has 0 radical (unpaired) electrons. The Morgan fingerprint density at radius 1 is 1.30 bits per heavy atom. The van der Waals surface area contributed by atoms with Crippen molar-refractivity contribution < 1.29 is 13.5 Å². The Kier molecular flexibility index (Phi) is 6.62. The number of nitrogens with one attached hydrogen (secondary N) is 1. The number of nitrogens with zero attached hydrogens (tertiary/aromatic N) is 1. The van der Waals surface area contributed by atoms with Crippen LogP contribution in [0, 0.1) is 6.92 Å². The van der Waals surface area contributed by atoms with E-state index in [4.69, 9.17) is 5.73 Å². The summed E-state index contributed by atoms with van der Waals surface area (Å²) in [4.78, 5) is 4.29. The minimum Gasteiger partial charge on any atom is -0.434 e. The van der Waals surface area contributed by atoms with Gasteiger partial charge in [0.05, 0.1) is 6.54 Å². The Morgan fingerprint density at radius 2 is 2.00 bits per heavy atom. The van der Waals surface area contributed by atoms with Crippen molar-refractivity contribution in [2.24, 2.45) is 10.7 Å². The van der Waals surface area contributed by atoms with Crippen molar-refractivity contribution in [3.63, 3.8) is 0 Å². The molecule has 0 aromatic heterocycles. The van der Waals surface area contributed by atoms with Gasteiger partial charge in [0.1, 0.15) is 5.75 Å². The van der Waals surface area contributed by atoms with Gasteiger partial charge in [0.2, 0.25) is 0 Å². The highest BCUT2D eigenvalue weighted by atomic mass is 19.3. The van der Waals surface area contributed by atoms with E-state index in [-0.39, 0.29) is 12.3 Å². The molecule has 0 spiro atoms. The first-order valence-corrected chi connectivity index (χ1v) is 8.15. The molecule has 128 valence electrons. The fourth-order valence-corrected chi connectivity index (χ4v) is 2.89. The first kappa shape index (κ1) is 17.5. The summed E-state index contributed by atoms with van der Waals surface area (Å²) in [7, 11) is 0. The van der Waals surface area contributed by atoms with Crippen molar-refractivity contribution in [3.8, 4) is 5.75 Å². The molecule has 2 rings (SSSR count). The van der Waals surface area contributed by atoms with Gasteiger partial charge in [0.25, 0.3) is 0 Å². The van der Waals surface area contributed by atoms with Gasteiger partial charge in [-0.3, -0.25) is 0 Å². The first-order valence-electron chi connectivity index (χ1n) is 8.15. The maximum absolute atomic E-state index is 12.5. The van der Waals surface area contributed by atoms with E-state index in [1.165, 1.54) is 25.7 Å². The molecular formula is C17H25F2N3O. The largest absolute Gasteiger partial charge is 0.434 e. The van der Waals surface area contributed by atoms with Gasteiger partial charge >= 0.3 is 6.61 Å². The second-order valence-electron chi connectivity index (χ2n) is 6.02. The highest BCUT2D eigenvalue weighted by Gasteiger charge is 2.13. The average Bonchev–Trinajstić information content (AvgIpc) is 2.75. The third kappa shape index (κ3) is 6.04. The Hall–Kier alpha value is -1.85. The van der Waals surface area contributed by atoms with E-state index < -0.39 is 6.61 Å². The molecule has 23 heavy (non-hydrogen) atoms. The molecule has 0 atom stereocenters. The van der Waals surface area contributed by atoms with Gasteiger partial charge in [-0.1, -0.05) is 43.4 Å². The normalized spacial score (nSPS) is 17.1. The molecule has 1 aliphatic carbocycles. The number of rotatable bonds is 5. The number of aryl methyl sites for hydroxylation is 1. The topological polar surface area (TPSA) is 59.6 Å². The van der Waals surface area contributed by atoms with Crippen molar-refractivity contribution in [2.75, 3.05) is 0 Å². The Bertz CT molecular complexity index is 527. The fourth-order valence-electron chi connectivity index (χ4n) is 2.89. The Morgan fingerprint density at radius 3 is 2.65 bits per heavy atom. The summed E-state index contributed by atoms with van der Waals surface area (Å²) in [6.45, 7) is -0.733. The zero-order chi connectivity index (χ0) is 16.7. The minimum atomic E-state index is -2.85. The summed E-state index contributed by atoms with van der Waals surface area (Å²) >= 11 is 0. The first-order chi connectivity index (χ1) is 11.0. The second-order valence-corrected chi connectivity index (χ2v) is 6.02. The van der Waals surface area contributed by atoms with E-state index in [1.54, 1.807) is 18.2 Å². The summed E-state index contributed by atoms with van der Waals surface area (Å²) in [5.41, 5.74) is 7.51. The van der Waals surface area contributed by atoms with Gasteiger partial charge < -0.3 is 15.8 Å². The number of ether oxygens (including phenoxy) is 1. The molecule has 0 aliphatic heterocycles. The lowest BCUT2D eigenvalue weighted by molar-refractivity contribution is -0.0504. The number of halogens is 2. The van der Waals surface area contributed by atoms with Gasteiger partial charge in [-0.25, -0.2) is 4.99 Å². The molecule has 0 saturated heterocycles. The lowest BCUT2D eigenvalue weighted by atomic mass is 10.1. The number of guanidine groups is 1. The molecule has 1 aromatic carbocycles.